The monoisotopic (exact) mass is 248 g/mol. The Morgan fingerprint density at radius 3 is 2.33 bits per heavy atom. The van der Waals surface area contributed by atoms with Crippen molar-refractivity contribution in [3.8, 4) is 0 Å². The van der Waals surface area contributed by atoms with Gasteiger partial charge in [0.2, 0.25) is 0 Å². The molecule has 0 N–H and O–H groups in total. The van der Waals surface area contributed by atoms with E-state index in [-0.39, 0.29) is 0 Å². The average molecular weight is 248 g/mol. The summed E-state index contributed by atoms with van der Waals surface area (Å²) in [7, 11) is 0. The Labute approximate surface area is 112 Å². The summed E-state index contributed by atoms with van der Waals surface area (Å²) in [5, 5.41) is 0. The van der Waals surface area contributed by atoms with Crippen molar-refractivity contribution in [1.82, 2.24) is 0 Å². The molecule has 0 aliphatic carbocycles. The molecule has 1 aromatic rings. The summed E-state index contributed by atoms with van der Waals surface area (Å²) in [6.07, 6.45) is 19.4. The Bertz CT molecular complexity index is 285. The first-order valence-corrected chi connectivity index (χ1v) is 7.61. The third-order valence-electron chi connectivity index (χ3n) is 3.27. The van der Waals surface area contributed by atoms with E-state index in [0.29, 0.717) is 0 Å². The van der Waals surface area contributed by atoms with Gasteiger partial charge in [0.05, 0.1) is 6.26 Å². The van der Waals surface area contributed by atoms with Gasteiger partial charge < -0.3 is 4.42 Å². The second-order valence-corrected chi connectivity index (χ2v) is 5.00. The highest BCUT2D eigenvalue weighted by Crippen LogP contribution is 2.08. The number of aryl methyl sites for hydroxylation is 1. The second kappa shape index (κ2) is 11.1. The Morgan fingerprint density at radius 1 is 0.944 bits per heavy atom. The van der Waals surface area contributed by atoms with Crippen LogP contribution in [0.4, 0.5) is 0 Å². The molecule has 0 aliphatic heterocycles. The molecule has 102 valence electrons. The average Bonchev–Trinajstić information content (AvgIpc) is 2.89. The van der Waals surface area contributed by atoms with Gasteiger partial charge in [-0.25, -0.2) is 0 Å². The molecule has 0 spiro atoms. The van der Waals surface area contributed by atoms with Crippen LogP contribution in [0.15, 0.2) is 35.0 Å². The van der Waals surface area contributed by atoms with Crippen LogP contribution in [-0.2, 0) is 6.42 Å². The van der Waals surface area contributed by atoms with Gasteiger partial charge in [-0.2, -0.15) is 0 Å². The lowest BCUT2D eigenvalue weighted by molar-refractivity contribution is 0.498. The van der Waals surface area contributed by atoms with E-state index in [1.54, 1.807) is 6.26 Å². The zero-order valence-electron chi connectivity index (χ0n) is 11.9. The fourth-order valence-corrected chi connectivity index (χ4v) is 2.12. The molecule has 18 heavy (non-hydrogen) atoms. The summed E-state index contributed by atoms with van der Waals surface area (Å²) in [6, 6.07) is 4.03. The predicted molar refractivity (Wildman–Crippen MR) is 78.8 cm³/mol. The molecule has 0 fully saturated rings. The topological polar surface area (TPSA) is 13.1 Å². The Balaban J connectivity index is 1.82. The summed E-state index contributed by atoms with van der Waals surface area (Å²) < 4.78 is 5.31. The lowest BCUT2D eigenvalue weighted by atomic mass is 10.1. The van der Waals surface area contributed by atoms with Crippen molar-refractivity contribution < 1.29 is 4.42 Å². The van der Waals surface area contributed by atoms with E-state index >= 15 is 0 Å². The van der Waals surface area contributed by atoms with Crippen LogP contribution in [0.1, 0.15) is 70.5 Å². The van der Waals surface area contributed by atoms with Crippen LogP contribution in [0, 0.1) is 0 Å². The fraction of sp³-hybridized carbons (Fsp3) is 0.647. The van der Waals surface area contributed by atoms with Crippen LogP contribution < -0.4 is 0 Å². The Kier molecular flexibility index (Phi) is 9.32. The van der Waals surface area contributed by atoms with Gasteiger partial charge in [0, 0.05) is 6.42 Å². The molecule has 1 nitrogen and oxygen atoms in total. The summed E-state index contributed by atoms with van der Waals surface area (Å²) >= 11 is 0. The molecule has 0 saturated carbocycles. The zero-order valence-corrected chi connectivity index (χ0v) is 11.9. The van der Waals surface area contributed by atoms with Crippen LogP contribution in [0.3, 0.4) is 0 Å². The zero-order chi connectivity index (χ0) is 12.9. The van der Waals surface area contributed by atoms with E-state index in [2.05, 4.69) is 25.1 Å². The standard InChI is InChI=1S/C17H28O/c1-2-3-4-5-6-7-8-9-10-11-12-14-17-15-13-16-18-17/h8-9,13,15-16H,2-7,10-12,14H2,1H3. The number of allylic oxidation sites excluding steroid dienone is 2. The first kappa shape index (κ1) is 15.1. The largest absolute Gasteiger partial charge is 0.469 e. The number of rotatable bonds is 11. The van der Waals surface area contributed by atoms with Gasteiger partial charge in [-0.15, -0.1) is 0 Å². The Morgan fingerprint density at radius 2 is 1.67 bits per heavy atom. The molecular formula is C17H28O. The summed E-state index contributed by atoms with van der Waals surface area (Å²) in [4.78, 5) is 0. The van der Waals surface area contributed by atoms with Crippen molar-refractivity contribution in [2.75, 3.05) is 0 Å². The van der Waals surface area contributed by atoms with Crippen LogP contribution in [0.25, 0.3) is 0 Å². The second-order valence-electron chi connectivity index (χ2n) is 5.00. The van der Waals surface area contributed by atoms with Crippen molar-refractivity contribution in [3.05, 3.63) is 36.3 Å². The maximum atomic E-state index is 5.31. The van der Waals surface area contributed by atoms with Gasteiger partial charge in [0.15, 0.2) is 0 Å². The summed E-state index contributed by atoms with van der Waals surface area (Å²) in [5.74, 6) is 1.12. The predicted octanol–water partition coefficient (Wildman–Crippen LogP) is 5.91. The molecule has 0 saturated heterocycles. The van der Waals surface area contributed by atoms with Crippen molar-refractivity contribution >= 4 is 0 Å². The van der Waals surface area contributed by atoms with Crippen LogP contribution in [0.5, 0.6) is 0 Å². The van der Waals surface area contributed by atoms with Gasteiger partial charge in [0.1, 0.15) is 5.76 Å². The minimum absolute atomic E-state index is 1.08. The van der Waals surface area contributed by atoms with E-state index < -0.39 is 0 Å². The van der Waals surface area contributed by atoms with Crippen molar-refractivity contribution in [3.63, 3.8) is 0 Å². The van der Waals surface area contributed by atoms with Gasteiger partial charge in [0.25, 0.3) is 0 Å². The van der Waals surface area contributed by atoms with Crippen LogP contribution in [-0.4, -0.2) is 0 Å². The molecule has 1 rings (SSSR count). The molecule has 0 amide bonds. The molecule has 1 heterocycles. The molecule has 0 aromatic carbocycles. The van der Waals surface area contributed by atoms with E-state index in [9.17, 15) is 0 Å². The SMILES string of the molecule is CCCCCCCC=CCCCCc1ccco1. The highest BCUT2D eigenvalue weighted by molar-refractivity contribution is 4.97. The fourth-order valence-electron chi connectivity index (χ4n) is 2.12. The number of hydrogen-bond acceptors (Lipinski definition) is 1. The molecule has 0 atom stereocenters. The number of unbranched alkanes of at least 4 members (excludes halogenated alkanes) is 7. The van der Waals surface area contributed by atoms with Gasteiger partial charge in [-0.1, -0.05) is 44.8 Å². The number of furan rings is 1. The van der Waals surface area contributed by atoms with E-state index in [4.69, 9.17) is 4.42 Å². The molecule has 1 heteroatoms. The van der Waals surface area contributed by atoms with Gasteiger partial charge >= 0.3 is 0 Å². The lowest BCUT2D eigenvalue weighted by Gasteiger charge is -1.97. The molecule has 0 aliphatic rings. The van der Waals surface area contributed by atoms with Crippen LogP contribution in [0.2, 0.25) is 0 Å². The summed E-state index contributed by atoms with van der Waals surface area (Å²) in [5.41, 5.74) is 0. The number of hydrogen-bond donors (Lipinski definition) is 0. The summed E-state index contributed by atoms with van der Waals surface area (Å²) in [6.45, 7) is 2.27. The van der Waals surface area contributed by atoms with E-state index in [1.807, 2.05) is 6.07 Å². The van der Waals surface area contributed by atoms with Crippen molar-refractivity contribution in [2.24, 2.45) is 0 Å². The molecular weight excluding hydrogens is 220 g/mol. The third-order valence-corrected chi connectivity index (χ3v) is 3.27. The first-order chi connectivity index (χ1) is 8.93. The Hall–Kier alpha value is -0.980. The maximum absolute atomic E-state index is 5.31. The van der Waals surface area contributed by atoms with Crippen LogP contribution >= 0.6 is 0 Å². The highest BCUT2D eigenvalue weighted by atomic mass is 16.3. The van der Waals surface area contributed by atoms with Crippen molar-refractivity contribution in [1.29, 1.82) is 0 Å². The first-order valence-electron chi connectivity index (χ1n) is 7.61. The van der Waals surface area contributed by atoms with E-state index in [1.165, 1.54) is 57.8 Å². The highest BCUT2D eigenvalue weighted by Gasteiger charge is 1.94. The van der Waals surface area contributed by atoms with E-state index in [0.717, 1.165) is 12.2 Å². The smallest absolute Gasteiger partial charge is 0.103 e. The molecule has 1 aromatic heterocycles. The minimum atomic E-state index is 1.08. The van der Waals surface area contributed by atoms with Gasteiger partial charge in [-0.05, 0) is 44.2 Å². The van der Waals surface area contributed by atoms with Crippen molar-refractivity contribution in [2.45, 2.75) is 71.1 Å². The quantitative estimate of drug-likeness (QED) is 0.350. The molecule has 0 radical (unpaired) electrons. The molecule has 0 bridgehead atoms. The lowest BCUT2D eigenvalue weighted by Crippen LogP contribution is -1.81. The normalized spacial score (nSPS) is 11.4. The maximum Gasteiger partial charge on any atom is 0.103 e. The molecule has 0 unspecified atom stereocenters. The third kappa shape index (κ3) is 8.16. The van der Waals surface area contributed by atoms with Gasteiger partial charge in [-0.3, -0.25) is 0 Å². The minimum Gasteiger partial charge on any atom is -0.469 e.